The van der Waals surface area contributed by atoms with E-state index in [2.05, 4.69) is 71.6 Å². The standard InChI is InChI=1S/C46H37ClFN/c47-42-28-37(27-41-44(42)38-18-10-11-19-40(38)46(41)34-21-29-20-30(23-34)24-35(46)22-29)49(36-16-8-3-9-17-36)45-39(32-14-6-2-7-15-32)25-33(26-43(45)48)31-12-4-1-5-13-31/h1-19,25-30,34-35H,20-24H2. The quantitative estimate of drug-likeness (QED) is 0.178. The fourth-order valence-electron chi connectivity index (χ4n) is 10.8. The second-order valence-electron chi connectivity index (χ2n) is 14.8. The van der Waals surface area contributed by atoms with Crippen LogP contribution in [0.4, 0.5) is 21.5 Å². The number of rotatable bonds is 5. The lowest BCUT2D eigenvalue weighted by atomic mass is 9.43. The van der Waals surface area contributed by atoms with Crippen molar-refractivity contribution in [2.75, 3.05) is 4.90 Å². The predicted molar refractivity (Wildman–Crippen MR) is 200 cm³/mol. The highest BCUT2D eigenvalue weighted by molar-refractivity contribution is 6.34. The zero-order valence-electron chi connectivity index (χ0n) is 27.3. The topological polar surface area (TPSA) is 3.24 Å². The summed E-state index contributed by atoms with van der Waals surface area (Å²) in [5.41, 5.74) is 11.2. The van der Waals surface area contributed by atoms with Gasteiger partial charge >= 0.3 is 0 Å². The van der Waals surface area contributed by atoms with E-state index in [0.717, 1.165) is 50.5 Å². The minimum Gasteiger partial charge on any atom is -0.307 e. The number of nitrogens with zero attached hydrogens (tertiary/aromatic N) is 1. The maximum absolute atomic E-state index is 17.2. The van der Waals surface area contributed by atoms with Crippen LogP contribution in [0.2, 0.25) is 5.02 Å². The lowest BCUT2D eigenvalue weighted by Crippen LogP contribution is -2.55. The first-order valence-corrected chi connectivity index (χ1v) is 18.2. The van der Waals surface area contributed by atoms with Crippen molar-refractivity contribution in [2.45, 2.75) is 37.5 Å². The van der Waals surface area contributed by atoms with Gasteiger partial charge in [0.1, 0.15) is 5.82 Å². The van der Waals surface area contributed by atoms with Gasteiger partial charge in [0, 0.05) is 27.9 Å². The van der Waals surface area contributed by atoms with Gasteiger partial charge in [-0.1, -0.05) is 115 Å². The molecule has 1 spiro atoms. The van der Waals surface area contributed by atoms with Gasteiger partial charge in [0.05, 0.1) is 10.7 Å². The molecule has 6 aromatic rings. The molecule has 0 unspecified atom stereocenters. The zero-order chi connectivity index (χ0) is 32.7. The average Bonchev–Trinajstić information content (AvgIpc) is 3.43. The molecule has 0 atom stereocenters. The molecule has 4 fully saturated rings. The third-order valence-corrected chi connectivity index (χ3v) is 12.6. The maximum atomic E-state index is 17.2. The maximum Gasteiger partial charge on any atom is 0.148 e. The molecule has 11 rings (SSSR count). The van der Waals surface area contributed by atoms with Gasteiger partial charge in [-0.05, 0) is 126 Å². The summed E-state index contributed by atoms with van der Waals surface area (Å²) in [4.78, 5) is 2.12. The molecule has 0 heterocycles. The van der Waals surface area contributed by atoms with Gasteiger partial charge < -0.3 is 4.90 Å². The summed E-state index contributed by atoms with van der Waals surface area (Å²) in [6.45, 7) is 0. The van der Waals surface area contributed by atoms with Crippen molar-refractivity contribution in [1.29, 1.82) is 0 Å². The van der Waals surface area contributed by atoms with Gasteiger partial charge in [0.2, 0.25) is 0 Å². The van der Waals surface area contributed by atoms with Crippen LogP contribution < -0.4 is 4.90 Å². The SMILES string of the molecule is Fc1cc(-c2ccccc2)cc(-c2ccccc2)c1N(c1ccccc1)c1cc(Cl)c2c(c1)C1(c3ccccc3-2)C2CC3CC(C2)CC1C3. The van der Waals surface area contributed by atoms with Crippen LogP contribution in [0.1, 0.15) is 43.2 Å². The molecular weight excluding hydrogens is 621 g/mol. The van der Waals surface area contributed by atoms with E-state index in [9.17, 15) is 0 Å². The van der Waals surface area contributed by atoms with E-state index in [0.29, 0.717) is 17.5 Å². The number of hydrogen-bond acceptors (Lipinski definition) is 1. The zero-order valence-corrected chi connectivity index (χ0v) is 28.1. The summed E-state index contributed by atoms with van der Waals surface area (Å²) < 4.78 is 17.2. The van der Waals surface area contributed by atoms with Crippen LogP contribution in [0.3, 0.4) is 0 Å². The smallest absolute Gasteiger partial charge is 0.148 e. The Balaban J connectivity index is 1.24. The third kappa shape index (κ3) is 4.36. The lowest BCUT2D eigenvalue weighted by molar-refractivity contribution is -0.0399. The van der Waals surface area contributed by atoms with Crippen LogP contribution >= 0.6 is 11.6 Å². The normalized spacial score (nSPS) is 24.2. The van der Waals surface area contributed by atoms with Crippen LogP contribution in [0.25, 0.3) is 33.4 Å². The Morgan fingerprint density at radius 1 is 0.531 bits per heavy atom. The molecule has 1 nitrogen and oxygen atoms in total. The Kier molecular flexibility index (Phi) is 6.68. The molecule has 4 saturated carbocycles. The van der Waals surface area contributed by atoms with Crippen LogP contribution in [0.5, 0.6) is 0 Å². The second kappa shape index (κ2) is 11.2. The molecule has 3 heteroatoms. The first kappa shape index (κ1) is 29.3. The fraction of sp³-hybridized carbons (Fsp3) is 0.217. The molecule has 0 aromatic heterocycles. The number of anilines is 3. The Labute approximate surface area is 293 Å². The summed E-state index contributed by atoms with van der Waals surface area (Å²) in [5, 5.41) is 0.745. The molecule has 5 aliphatic rings. The molecule has 0 aliphatic heterocycles. The van der Waals surface area contributed by atoms with E-state index in [1.165, 1.54) is 54.4 Å². The van der Waals surface area contributed by atoms with Crippen molar-refractivity contribution < 1.29 is 4.39 Å². The summed E-state index contributed by atoms with van der Waals surface area (Å²) in [5.74, 6) is 2.62. The highest BCUT2D eigenvalue weighted by Gasteiger charge is 2.62. The van der Waals surface area contributed by atoms with E-state index in [1.807, 2.05) is 66.7 Å². The molecular formula is C46H37ClFN. The van der Waals surface area contributed by atoms with Crippen molar-refractivity contribution in [2.24, 2.45) is 23.7 Å². The lowest BCUT2D eigenvalue weighted by Gasteiger charge is -2.61. The molecule has 6 aromatic carbocycles. The van der Waals surface area contributed by atoms with Crippen molar-refractivity contribution in [1.82, 2.24) is 0 Å². The average molecular weight is 658 g/mol. The van der Waals surface area contributed by atoms with Crippen molar-refractivity contribution in [3.8, 4) is 33.4 Å². The van der Waals surface area contributed by atoms with E-state index in [1.54, 1.807) is 6.07 Å². The van der Waals surface area contributed by atoms with Crippen molar-refractivity contribution >= 4 is 28.7 Å². The van der Waals surface area contributed by atoms with Crippen LogP contribution in [-0.4, -0.2) is 0 Å². The number of fused-ring (bicyclic) bond motifs is 3. The Morgan fingerprint density at radius 2 is 1.12 bits per heavy atom. The minimum atomic E-state index is -0.270. The van der Waals surface area contributed by atoms with Crippen LogP contribution in [-0.2, 0) is 5.41 Å². The van der Waals surface area contributed by atoms with E-state index in [4.69, 9.17) is 11.6 Å². The molecule has 0 saturated heterocycles. The van der Waals surface area contributed by atoms with E-state index >= 15 is 4.39 Å². The second-order valence-corrected chi connectivity index (χ2v) is 15.2. The van der Waals surface area contributed by atoms with Crippen molar-refractivity contribution in [3.63, 3.8) is 0 Å². The summed E-state index contributed by atoms with van der Waals surface area (Å²) in [6, 6.07) is 47.9. The van der Waals surface area contributed by atoms with E-state index in [-0.39, 0.29) is 11.2 Å². The number of hydrogen-bond donors (Lipinski definition) is 0. The number of benzene rings is 6. The largest absolute Gasteiger partial charge is 0.307 e. The van der Waals surface area contributed by atoms with E-state index < -0.39 is 0 Å². The predicted octanol–water partition coefficient (Wildman–Crippen LogP) is 13.0. The number of para-hydroxylation sites is 1. The highest BCUT2D eigenvalue weighted by atomic mass is 35.5. The highest BCUT2D eigenvalue weighted by Crippen LogP contribution is 2.70. The summed E-state index contributed by atoms with van der Waals surface area (Å²) in [7, 11) is 0. The van der Waals surface area contributed by atoms with Crippen LogP contribution in [0, 0.1) is 29.5 Å². The first-order chi connectivity index (χ1) is 24.1. The monoisotopic (exact) mass is 657 g/mol. The number of halogens is 2. The summed E-state index contributed by atoms with van der Waals surface area (Å²) in [6.07, 6.45) is 6.57. The summed E-state index contributed by atoms with van der Waals surface area (Å²) >= 11 is 7.50. The molecule has 240 valence electrons. The van der Waals surface area contributed by atoms with Gasteiger partial charge in [-0.15, -0.1) is 0 Å². The molecule has 4 bridgehead atoms. The van der Waals surface area contributed by atoms with Crippen molar-refractivity contribution in [3.05, 3.63) is 161 Å². The van der Waals surface area contributed by atoms with Crippen LogP contribution in [0.15, 0.2) is 140 Å². The molecule has 0 amide bonds. The van der Waals surface area contributed by atoms with Gasteiger partial charge in [-0.3, -0.25) is 0 Å². The molecule has 5 aliphatic carbocycles. The Morgan fingerprint density at radius 3 is 1.80 bits per heavy atom. The van der Waals surface area contributed by atoms with Gasteiger partial charge in [-0.2, -0.15) is 0 Å². The van der Waals surface area contributed by atoms with Gasteiger partial charge in [0.25, 0.3) is 0 Å². The molecule has 0 N–H and O–H groups in total. The first-order valence-electron chi connectivity index (χ1n) is 17.8. The van der Waals surface area contributed by atoms with Gasteiger partial charge in [-0.25, -0.2) is 4.39 Å². The Bertz CT molecular complexity index is 2180. The fourth-order valence-corrected chi connectivity index (χ4v) is 11.1. The molecule has 0 radical (unpaired) electrons. The minimum absolute atomic E-state index is 0.0562. The molecule has 49 heavy (non-hydrogen) atoms. The Hall–Kier alpha value is -4.66. The van der Waals surface area contributed by atoms with Gasteiger partial charge in [0.15, 0.2) is 0 Å². The third-order valence-electron chi connectivity index (χ3n) is 12.3.